The summed E-state index contributed by atoms with van der Waals surface area (Å²) in [6.07, 6.45) is 0. The molecule has 7 aromatic carbocycles. The Morgan fingerprint density at radius 2 is 0.864 bits per heavy atom. The molecule has 2 aromatic heterocycles. The van der Waals surface area contributed by atoms with Gasteiger partial charge >= 0.3 is 0 Å². The second kappa shape index (κ2) is 9.62. The van der Waals surface area contributed by atoms with Crippen molar-refractivity contribution in [1.29, 1.82) is 0 Å². The highest BCUT2D eigenvalue weighted by atomic mass is 19.1. The van der Waals surface area contributed by atoms with Crippen LogP contribution in [-0.2, 0) is 0 Å². The Kier molecular flexibility index (Phi) is 5.41. The predicted molar refractivity (Wildman–Crippen MR) is 182 cm³/mol. The highest BCUT2D eigenvalue weighted by molar-refractivity contribution is 6.25. The average Bonchev–Trinajstić information content (AvgIpc) is 3.42. The first-order valence-electron chi connectivity index (χ1n) is 14.8. The molecule has 0 aliphatic rings. The van der Waals surface area contributed by atoms with Gasteiger partial charge < -0.3 is 4.57 Å². The van der Waals surface area contributed by atoms with E-state index in [0.717, 1.165) is 44.0 Å². The van der Waals surface area contributed by atoms with Crippen molar-refractivity contribution in [1.82, 2.24) is 9.55 Å². The van der Waals surface area contributed by atoms with Gasteiger partial charge in [0.2, 0.25) is 0 Å². The van der Waals surface area contributed by atoms with E-state index in [9.17, 15) is 0 Å². The van der Waals surface area contributed by atoms with E-state index in [1.807, 2.05) is 12.1 Å². The lowest BCUT2D eigenvalue weighted by Crippen LogP contribution is -1.94. The van der Waals surface area contributed by atoms with Crippen molar-refractivity contribution in [2.45, 2.75) is 0 Å². The van der Waals surface area contributed by atoms with Gasteiger partial charge in [0, 0.05) is 39.7 Å². The van der Waals surface area contributed by atoms with Gasteiger partial charge in [0.25, 0.3) is 0 Å². The highest BCUT2D eigenvalue weighted by Gasteiger charge is 2.15. The Morgan fingerprint density at radius 1 is 0.386 bits per heavy atom. The van der Waals surface area contributed by atoms with E-state index < -0.39 is 0 Å². The van der Waals surface area contributed by atoms with Crippen molar-refractivity contribution in [2.75, 3.05) is 0 Å². The summed E-state index contributed by atoms with van der Waals surface area (Å²) < 4.78 is 17.6. The number of para-hydroxylation sites is 2. The summed E-state index contributed by atoms with van der Waals surface area (Å²) in [5.41, 5.74) is 6.34. The molecule has 0 N–H and O–H groups in total. The molecule has 9 aromatic rings. The van der Waals surface area contributed by atoms with Gasteiger partial charge in [0.05, 0.1) is 22.4 Å². The minimum atomic E-state index is -0.305. The van der Waals surface area contributed by atoms with E-state index in [2.05, 4.69) is 132 Å². The zero-order chi connectivity index (χ0) is 29.2. The zero-order valence-electron chi connectivity index (χ0n) is 23.7. The van der Waals surface area contributed by atoms with Crippen LogP contribution in [0.15, 0.2) is 152 Å². The number of pyridine rings is 1. The molecule has 3 heteroatoms. The SMILES string of the molecule is Fc1cc(-c2ccc3c4ccccc4c4ccccc4c3c2)nc(-c2ccc3c(c2)c2ccccc2n3-c2ccccc2)c1. The Morgan fingerprint density at radius 3 is 1.52 bits per heavy atom. The summed E-state index contributed by atoms with van der Waals surface area (Å²) >= 11 is 0. The molecule has 2 heterocycles. The number of fused-ring (bicyclic) bond motifs is 9. The molecule has 0 saturated heterocycles. The highest BCUT2D eigenvalue weighted by Crippen LogP contribution is 2.38. The first kappa shape index (κ1) is 24.8. The largest absolute Gasteiger partial charge is 0.309 e. The van der Waals surface area contributed by atoms with Crippen LogP contribution in [0.5, 0.6) is 0 Å². The van der Waals surface area contributed by atoms with Crippen molar-refractivity contribution in [2.24, 2.45) is 0 Å². The average molecular weight is 565 g/mol. The molecule has 0 radical (unpaired) electrons. The summed E-state index contributed by atoms with van der Waals surface area (Å²) in [6, 6.07) is 51.6. The van der Waals surface area contributed by atoms with Gasteiger partial charge in [-0.25, -0.2) is 9.37 Å². The molecule has 0 aliphatic heterocycles. The summed E-state index contributed by atoms with van der Waals surface area (Å²) in [4.78, 5) is 5.03. The van der Waals surface area contributed by atoms with Crippen LogP contribution in [0.1, 0.15) is 0 Å². The quantitative estimate of drug-likeness (QED) is 0.195. The maximum Gasteiger partial charge on any atom is 0.127 e. The van der Waals surface area contributed by atoms with Gasteiger partial charge in [-0.3, -0.25) is 0 Å². The van der Waals surface area contributed by atoms with Gasteiger partial charge in [-0.1, -0.05) is 103 Å². The number of aromatic nitrogens is 2. The van der Waals surface area contributed by atoms with Gasteiger partial charge in [-0.2, -0.15) is 0 Å². The molecule has 0 bridgehead atoms. The molecule has 0 aliphatic carbocycles. The second-order valence-electron chi connectivity index (χ2n) is 11.3. The van der Waals surface area contributed by atoms with E-state index in [0.29, 0.717) is 11.4 Å². The lowest BCUT2D eigenvalue weighted by Gasteiger charge is -2.12. The van der Waals surface area contributed by atoms with Crippen LogP contribution in [0.25, 0.3) is 82.3 Å². The van der Waals surface area contributed by atoms with Crippen LogP contribution in [0.2, 0.25) is 0 Å². The molecule has 0 atom stereocenters. The molecule has 0 spiro atoms. The Hall–Kier alpha value is -5.80. The van der Waals surface area contributed by atoms with Crippen molar-refractivity contribution >= 4 is 54.1 Å². The molecular formula is C41H25FN2. The van der Waals surface area contributed by atoms with Crippen molar-refractivity contribution in [3.05, 3.63) is 157 Å². The van der Waals surface area contributed by atoms with Crippen LogP contribution in [0.3, 0.4) is 0 Å². The third kappa shape index (κ3) is 3.76. The van der Waals surface area contributed by atoms with E-state index in [4.69, 9.17) is 4.98 Å². The van der Waals surface area contributed by atoms with Crippen LogP contribution in [0.4, 0.5) is 4.39 Å². The molecule has 0 saturated carbocycles. The molecule has 0 amide bonds. The first-order valence-corrected chi connectivity index (χ1v) is 14.8. The monoisotopic (exact) mass is 564 g/mol. The molecule has 44 heavy (non-hydrogen) atoms. The molecule has 0 fully saturated rings. The fraction of sp³-hybridized carbons (Fsp3) is 0. The number of benzene rings is 7. The summed E-state index contributed by atoms with van der Waals surface area (Å²) in [5, 5.41) is 9.42. The normalized spacial score (nSPS) is 11.8. The molecule has 0 unspecified atom stereocenters. The number of nitrogens with zero attached hydrogens (tertiary/aromatic N) is 2. The van der Waals surface area contributed by atoms with Gasteiger partial charge in [0.1, 0.15) is 5.82 Å². The summed E-state index contributed by atoms with van der Waals surface area (Å²) in [7, 11) is 0. The summed E-state index contributed by atoms with van der Waals surface area (Å²) in [6.45, 7) is 0. The minimum absolute atomic E-state index is 0.305. The first-order chi connectivity index (χ1) is 21.7. The Balaban J connectivity index is 1.23. The number of hydrogen-bond donors (Lipinski definition) is 0. The lowest BCUT2D eigenvalue weighted by molar-refractivity contribution is 0.627. The number of halogens is 1. The van der Waals surface area contributed by atoms with Crippen molar-refractivity contribution in [3.63, 3.8) is 0 Å². The smallest absolute Gasteiger partial charge is 0.127 e. The van der Waals surface area contributed by atoms with Gasteiger partial charge in [-0.05, 0) is 68.7 Å². The zero-order valence-corrected chi connectivity index (χ0v) is 23.7. The maximum absolute atomic E-state index is 15.3. The van der Waals surface area contributed by atoms with Gasteiger partial charge in [-0.15, -0.1) is 0 Å². The topological polar surface area (TPSA) is 17.8 Å². The van der Waals surface area contributed by atoms with Crippen LogP contribution < -0.4 is 0 Å². The second-order valence-corrected chi connectivity index (χ2v) is 11.3. The fourth-order valence-corrected chi connectivity index (χ4v) is 6.85. The summed E-state index contributed by atoms with van der Waals surface area (Å²) in [5.74, 6) is -0.305. The predicted octanol–water partition coefficient (Wildman–Crippen LogP) is 11.1. The van der Waals surface area contributed by atoms with E-state index in [1.54, 1.807) is 0 Å². The number of rotatable bonds is 3. The Labute approximate surface area is 253 Å². The number of hydrogen-bond acceptors (Lipinski definition) is 1. The maximum atomic E-state index is 15.3. The van der Waals surface area contributed by atoms with Crippen LogP contribution in [-0.4, -0.2) is 9.55 Å². The standard InChI is InChI=1S/C41H25FN2/c42-28-24-38(26-18-20-34-32-14-5-4-12-30(32)31-13-6-7-15-33(31)36(34)22-26)43-39(25-28)27-19-21-41-37(23-27)35-16-8-9-17-40(35)44(41)29-10-2-1-3-11-29/h1-25H. The molecular weight excluding hydrogens is 539 g/mol. The third-order valence-corrected chi connectivity index (χ3v) is 8.81. The van der Waals surface area contributed by atoms with E-state index in [1.165, 1.54) is 39.1 Å². The fourth-order valence-electron chi connectivity index (χ4n) is 6.85. The van der Waals surface area contributed by atoms with Crippen LogP contribution >= 0.6 is 0 Å². The Bertz CT molecular complexity index is 2530. The minimum Gasteiger partial charge on any atom is -0.309 e. The van der Waals surface area contributed by atoms with Crippen molar-refractivity contribution in [3.8, 4) is 28.2 Å². The molecule has 9 rings (SSSR count). The van der Waals surface area contributed by atoms with E-state index in [-0.39, 0.29) is 5.82 Å². The van der Waals surface area contributed by atoms with Crippen molar-refractivity contribution < 1.29 is 4.39 Å². The van der Waals surface area contributed by atoms with E-state index >= 15 is 4.39 Å². The van der Waals surface area contributed by atoms with Crippen LogP contribution in [0, 0.1) is 5.82 Å². The lowest BCUT2D eigenvalue weighted by atomic mass is 9.93. The third-order valence-electron chi connectivity index (χ3n) is 8.81. The van der Waals surface area contributed by atoms with Gasteiger partial charge in [0.15, 0.2) is 0 Å². The molecule has 2 nitrogen and oxygen atoms in total. The molecule has 206 valence electrons.